The molecular weight excluding hydrogens is 493 g/mol. The second-order valence-corrected chi connectivity index (χ2v) is 10.9. The third-order valence-corrected chi connectivity index (χ3v) is 7.11. The molecule has 0 aliphatic heterocycles. The molecule has 7 nitrogen and oxygen atoms in total. The van der Waals surface area contributed by atoms with Gasteiger partial charge in [0.05, 0.1) is 11.9 Å². The van der Waals surface area contributed by atoms with Gasteiger partial charge in [0.15, 0.2) is 0 Å². The van der Waals surface area contributed by atoms with Gasteiger partial charge in [0.1, 0.15) is 11.9 Å². The minimum atomic E-state index is -3.60. The minimum absolute atomic E-state index is 0.0226. The molecule has 2 aromatic rings. The first-order valence-electron chi connectivity index (χ1n) is 11.5. The summed E-state index contributed by atoms with van der Waals surface area (Å²) >= 11 is 6.02. The molecule has 0 heterocycles. The average Bonchev–Trinajstić information content (AvgIpc) is 2.79. The van der Waals surface area contributed by atoms with Crippen molar-refractivity contribution in [1.29, 1.82) is 0 Å². The first-order chi connectivity index (χ1) is 16.4. The minimum Gasteiger partial charge on any atom is -0.352 e. The maximum atomic E-state index is 13.3. The molecule has 192 valence electrons. The molecule has 0 fully saturated rings. The van der Waals surface area contributed by atoms with E-state index in [1.807, 2.05) is 13.8 Å². The van der Waals surface area contributed by atoms with Gasteiger partial charge in [-0.2, -0.15) is 0 Å². The Hall–Kier alpha value is -2.65. The van der Waals surface area contributed by atoms with E-state index in [0.29, 0.717) is 16.3 Å². The zero-order chi connectivity index (χ0) is 26.2. The molecule has 0 spiro atoms. The molecule has 0 unspecified atom stereocenters. The van der Waals surface area contributed by atoms with Crippen molar-refractivity contribution in [3.8, 4) is 0 Å². The number of rotatable bonds is 12. The van der Waals surface area contributed by atoms with Gasteiger partial charge in [-0.3, -0.25) is 13.9 Å². The van der Waals surface area contributed by atoms with Gasteiger partial charge in [0.2, 0.25) is 21.8 Å². The number of amides is 2. The Kier molecular flexibility index (Phi) is 10.5. The number of anilines is 1. The summed E-state index contributed by atoms with van der Waals surface area (Å²) in [6.07, 6.45) is 2.10. The standard InChI is InChI=1S/C25H33ClFN3O4S/c1-5-18(2)28-25(32)19(3)29(17-20-11-13-22(27)14-12-20)24(31)10-7-15-30(35(4,33)34)23-9-6-8-21(26)16-23/h6,8-9,11-14,16,18-19H,5,7,10,15,17H2,1-4H3,(H,28,32)/t18-,19-/m1/s1. The van der Waals surface area contributed by atoms with Crippen LogP contribution in [0.4, 0.5) is 10.1 Å². The molecule has 0 aliphatic rings. The fraction of sp³-hybridized carbons (Fsp3) is 0.440. The van der Waals surface area contributed by atoms with E-state index in [0.717, 1.165) is 12.7 Å². The van der Waals surface area contributed by atoms with Crippen molar-refractivity contribution in [2.75, 3.05) is 17.1 Å². The van der Waals surface area contributed by atoms with Crippen LogP contribution in [0.3, 0.4) is 0 Å². The third-order valence-electron chi connectivity index (χ3n) is 5.68. The molecule has 2 aromatic carbocycles. The fourth-order valence-electron chi connectivity index (χ4n) is 3.47. The Morgan fingerprint density at radius 3 is 2.34 bits per heavy atom. The first-order valence-corrected chi connectivity index (χ1v) is 13.7. The zero-order valence-electron chi connectivity index (χ0n) is 20.5. The summed E-state index contributed by atoms with van der Waals surface area (Å²) in [6, 6.07) is 11.4. The second kappa shape index (κ2) is 12.9. The summed E-state index contributed by atoms with van der Waals surface area (Å²) < 4.78 is 39.3. The van der Waals surface area contributed by atoms with Gasteiger partial charge < -0.3 is 10.2 Å². The van der Waals surface area contributed by atoms with E-state index < -0.39 is 21.9 Å². The van der Waals surface area contributed by atoms with Crippen LogP contribution in [0.1, 0.15) is 45.6 Å². The van der Waals surface area contributed by atoms with Crippen LogP contribution in [0.2, 0.25) is 5.02 Å². The van der Waals surface area contributed by atoms with Crippen molar-refractivity contribution in [2.24, 2.45) is 0 Å². The lowest BCUT2D eigenvalue weighted by atomic mass is 10.1. The van der Waals surface area contributed by atoms with Crippen LogP contribution in [0.25, 0.3) is 0 Å². The van der Waals surface area contributed by atoms with Crippen LogP contribution in [0.5, 0.6) is 0 Å². The molecule has 10 heteroatoms. The summed E-state index contributed by atoms with van der Waals surface area (Å²) in [4.78, 5) is 27.4. The lowest BCUT2D eigenvalue weighted by Gasteiger charge is -2.30. The van der Waals surface area contributed by atoms with Crippen molar-refractivity contribution in [2.45, 2.75) is 58.7 Å². The van der Waals surface area contributed by atoms with E-state index in [1.54, 1.807) is 43.3 Å². The van der Waals surface area contributed by atoms with Gasteiger partial charge in [0.25, 0.3) is 0 Å². The van der Waals surface area contributed by atoms with Crippen LogP contribution in [-0.4, -0.2) is 50.0 Å². The van der Waals surface area contributed by atoms with Crippen molar-refractivity contribution < 1.29 is 22.4 Å². The Labute approximate surface area is 212 Å². The normalized spacial score (nSPS) is 13.1. The first kappa shape index (κ1) is 28.6. The molecule has 2 rings (SSSR count). The smallest absolute Gasteiger partial charge is 0.242 e. The molecule has 0 bridgehead atoms. The summed E-state index contributed by atoms with van der Waals surface area (Å²) in [5.41, 5.74) is 1.09. The molecule has 0 saturated carbocycles. The lowest BCUT2D eigenvalue weighted by Crippen LogP contribution is -2.49. The van der Waals surface area contributed by atoms with E-state index in [2.05, 4.69) is 5.32 Å². The number of hydrogen-bond donors (Lipinski definition) is 1. The number of halogens is 2. The van der Waals surface area contributed by atoms with E-state index >= 15 is 0 Å². The highest BCUT2D eigenvalue weighted by molar-refractivity contribution is 7.92. The molecule has 0 aliphatic carbocycles. The highest BCUT2D eigenvalue weighted by Crippen LogP contribution is 2.22. The molecule has 0 aromatic heterocycles. The highest BCUT2D eigenvalue weighted by Gasteiger charge is 2.27. The van der Waals surface area contributed by atoms with Gasteiger partial charge in [-0.05, 0) is 62.6 Å². The van der Waals surface area contributed by atoms with Crippen LogP contribution < -0.4 is 9.62 Å². The number of carbonyl (C=O) groups excluding carboxylic acids is 2. The average molecular weight is 526 g/mol. The SMILES string of the molecule is CC[C@@H](C)NC(=O)[C@@H](C)N(Cc1ccc(F)cc1)C(=O)CCCN(c1cccc(Cl)c1)S(C)(=O)=O. The van der Waals surface area contributed by atoms with Crippen LogP contribution >= 0.6 is 11.6 Å². The van der Waals surface area contributed by atoms with Crippen LogP contribution in [-0.2, 0) is 26.2 Å². The summed E-state index contributed by atoms with van der Waals surface area (Å²) in [5, 5.41) is 3.29. The summed E-state index contributed by atoms with van der Waals surface area (Å²) in [5.74, 6) is -0.983. The van der Waals surface area contributed by atoms with Gasteiger partial charge >= 0.3 is 0 Å². The number of sulfonamides is 1. The Morgan fingerprint density at radius 2 is 1.77 bits per heavy atom. The quantitative estimate of drug-likeness (QED) is 0.446. The number of nitrogens with zero attached hydrogens (tertiary/aromatic N) is 2. The molecule has 0 radical (unpaired) electrons. The molecule has 35 heavy (non-hydrogen) atoms. The number of benzene rings is 2. The fourth-order valence-corrected chi connectivity index (χ4v) is 4.61. The Bertz CT molecular complexity index is 1110. The van der Waals surface area contributed by atoms with Gasteiger partial charge in [-0.1, -0.05) is 36.7 Å². The number of carbonyl (C=O) groups is 2. The van der Waals surface area contributed by atoms with E-state index in [-0.39, 0.29) is 43.8 Å². The monoisotopic (exact) mass is 525 g/mol. The van der Waals surface area contributed by atoms with E-state index in [1.165, 1.54) is 21.3 Å². The molecule has 1 N–H and O–H groups in total. The van der Waals surface area contributed by atoms with Gasteiger partial charge in [-0.15, -0.1) is 0 Å². The Morgan fingerprint density at radius 1 is 1.11 bits per heavy atom. The maximum Gasteiger partial charge on any atom is 0.242 e. The predicted molar refractivity (Wildman–Crippen MR) is 137 cm³/mol. The highest BCUT2D eigenvalue weighted by atomic mass is 35.5. The maximum absolute atomic E-state index is 13.3. The number of hydrogen-bond acceptors (Lipinski definition) is 4. The topological polar surface area (TPSA) is 86.8 Å². The van der Waals surface area contributed by atoms with Gasteiger partial charge in [0, 0.05) is 30.6 Å². The van der Waals surface area contributed by atoms with Crippen LogP contribution in [0.15, 0.2) is 48.5 Å². The van der Waals surface area contributed by atoms with E-state index in [9.17, 15) is 22.4 Å². The van der Waals surface area contributed by atoms with Gasteiger partial charge in [-0.25, -0.2) is 12.8 Å². The molecule has 2 amide bonds. The molecule has 2 atom stereocenters. The van der Waals surface area contributed by atoms with Crippen molar-refractivity contribution in [3.05, 3.63) is 64.9 Å². The van der Waals surface area contributed by atoms with Crippen molar-refractivity contribution >= 4 is 39.1 Å². The summed E-state index contributed by atoms with van der Waals surface area (Å²) in [6.45, 7) is 5.67. The van der Waals surface area contributed by atoms with E-state index in [4.69, 9.17) is 11.6 Å². The lowest BCUT2D eigenvalue weighted by molar-refractivity contribution is -0.140. The number of nitrogens with one attached hydrogen (secondary N) is 1. The predicted octanol–water partition coefficient (Wildman–Crippen LogP) is 4.36. The van der Waals surface area contributed by atoms with Crippen LogP contribution in [0, 0.1) is 5.82 Å². The molecule has 0 saturated heterocycles. The molecular formula is C25H33ClFN3O4S. The zero-order valence-corrected chi connectivity index (χ0v) is 22.1. The summed E-state index contributed by atoms with van der Waals surface area (Å²) in [7, 11) is -3.60. The van der Waals surface area contributed by atoms with Crippen molar-refractivity contribution in [3.63, 3.8) is 0 Å². The van der Waals surface area contributed by atoms with Crippen molar-refractivity contribution in [1.82, 2.24) is 10.2 Å². The Balaban J connectivity index is 2.16. The second-order valence-electron chi connectivity index (χ2n) is 8.56. The largest absolute Gasteiger partial charge is 0.352 e. The third kappa shape index (κ3) is 8.81.